The average molecular weight is 334 g/mol. The van der Waals surface area contributed by atoms with Crippen LogP contribution in [-0.2, 0) is 13.1 Å². The van der Waals surface area contributed by atoms with Crippen LogP contribution in [0.5, 0.6) is 0 Å². The van der Waals surface area contributed by atoms with Crippen molar-refractivity contribution in [3.8, 4) is 0 Å². The highest BCUT2D eigenvalue weighted by molar-refractivity contribution is 9.10. The number of carbonyl (C=O) groups excluding carboxylic acids is 1. The number of hydrogen-bond donors (Lipinski definition) is 1. The Labute approximate surface area is 126 Å². The van der Waals surface area contributed by atoms with Gasteiger partial charge >= 0.3 is 0 Å². The van der Waals surface area contributed by atoms with E-state index in [1.165, 1.54) is 5.56 Å². The molecule has 0 radical (unpaired) electrons. The van der Waals surface area contributed by atoms with Gasteiger partial charge in [0.1, 0.15) is 5.69 Å². The normalized spacial score (nSPS) is 17.8. The molecule has 0 amide bonds. The van der Waals surface area contributed by atoms with Crippen LogP contribution in [0, 0.1) is 0 Å². The molecule has 20 heavy (non-hydrogen) atoms. The van der Waals surface area contributed by atoms with Gasteiger partial charge in [-0.05, 0) is 34.0 Å². The molecule has 1 aliphatic heterocycles. The average Bonchev–Trinajstić information content (AvgIpc) is 2.87. The zero-order valence-corrected chi connectivity index (χ0v) is 12.9. The molecule has 2 heterocycles. The van der Waals surface area contributed by atoms with Crippen LogP contribution in [0.15, 0.2) is 34.9 Å². The first kappa shape index (κ1) is 13.5. The van der Waals surface area contributed by atoms with Gasteiger partial charge in [0.25, 0.3) is 0 Å². The van der Waals surface area contributed by atoms with Crippen LogP contribution in [-0.4, -0.2) is 22.1 Å². The molecule has 1 aliphatic rings. The van der Waals surface area contributed by atoms with E-state index in [4.69, 9.17) is 0 Å². The third kappa shape index (κ3) is 2.21. The minimum atomic E-state index is -0.141. The highest BCUT2D eigenvalue weighted by Gasteiger charge is 2.30. The van der Waals surface area contributed by atoms with Gasteiger partial charge in [0.15, 0.2) is 5.78 Å². The molecule has 3 rings (SSSR count). The van der Waals surface area contributed by atoms with Crippen molar-refractivity contribution in [2.24, 2.45) is 0 Å². The highest BCUT2D eigenvalue weighted by atomic mass is 79.9. The van der Waals surface area contributed by atoms with E-state index in [2.05, 4.69) is 38.5 Å². The summed E-state index contributed by atoms with van der Waals surface area (Å²) in [5.41, 5.74) is 3.00. The maximum atomic E-state index is 12.9. The number of nitrogens with zero attached hydrogens (tertiary/aromatic N) is 2. The fourth-order valence-corrected chi connectivity index (χ4v) is 3.23. The molecule has 1 unspecified atom stereocenters. The Morgan fingerprint density at radius 2 is 2.30 bits per heavy atom. The van der Waals surface area contributed by atoms with Gasteiger partial charge in [-0.25, -0.2) is 0 Å². The molecule has 0 aliphatic carbocycles. The molecule has 2 aromatic rings. The van der Waals surface area contributed by atoms with Gasteiger partial charge in [-0.3, -0.25) is 9.48 Å². The van der Waals surface area contributed by atoms with Crippen molar-refractivity contribution in [1.82, 2.24) is 15.1 Å². The first-order valence-electron chi connectivity index (χ1n) is 6.76. The number of halogens is 1. The Kier molecular flexibility index (Phi) is 3.72. The van der Waals surface area contributed by atoms with Crippen LogP contribution in [0.3, 0.4) is 0 Å². The molecule has 1 N–H and O–H groups in total. The lowest BCUT2D eigenvalue weighted by molar-refractivity contribution is 0.0943. The monoisotopic (exact) mass is 333 g/mol. The molecule has 5 heteroatoms. The first-order valence-corrected chi connectivity index (χ1v) is 7.55. The zero-order valence-electron chi connectivity index (χ0n) is 11.3. The largest absolute Gasteiger partial charge is 0.312 e. The van der Waals surface area contributed by atoms with Gasteiger partial charge in [-0.1, -0.05) is 24.3 Å². The lowest BCUT2D eigenvalue weighted by atomic mass is 9.86. The van der Waals surface area contributed by atoms with Crippen LogP contribution < -0.4 is 5.32 Å². The van der Waals surface area contributed by atoms with Gasteiger partial charge < -0.3 is 5.32 Å². The van der Waals surface area contributed by atoms with E-state index in [-0.39, 0.29) is 11.7 Å². The number of benzene rings is 1. The Bertz CT molecular complexity index is 650. The molecule has 1 aromatic carbocycles. The van der Waals surface area contributed by atoms with Gasteiger partial charge in [0.2, 0.25) is 0 Å². The van der Waals surface area contributed by atoms with Crippen molar-refractivity contribution in [1.29, 1.82) is 0 Å². The zero-order chi connectivity index (χ0) is 14.1. The van der Waals surface area contributed by atoms with Crippen molar-refractivity contribution >= 4 is 21.7 Å². The Morgan fingerprint density at radius 1 is 1.50 bits per heavy atom. The van der Waals surface area contributed by atoms with E-state index in [1.807, 2.05) is 19.1 Å². The van der Waals surface area contributed by atoms with Crippen LogP contribution in [0.2, 0.25) is 0 Å². The maximum Gasteiger partial charge on any atom is 0.190 e. The molecular weight excluding hydrogens is 318 g/mol. The second-order valence-electron chi connectivity index (χ2n) is 4.90. The number of hydrogen-bond acceptors (Lipinski definition) is 3. The van der Waals surface area contributed by atoms with Crippen LogP contribution in [0.1, 0.15) is 34.5 Å². The van der Waals surface area contributed by atoms with Crippen LogP contribution >= 0.6 is 15.9 Å². The molecule has 1 aromatic heterocycles. The Balaban J connectivity index is 2.02. The second kappa shape index (κ2) is 5.50. The molecule has 0 bridgehead atoms. The number of carbonyl (C=O) groups is 1. The molecule has 4 nitrogen and oxygen atoms in total. The van der Waals surface area contributed by atoms with Crippen molar-refractivity contribution in [3.63, 3.8) is 0 Å². The summed E-state index contributed by atoms with van der Waals surface area (Å²) in [4.78, 5) is 12.9. The summed E-state index contributed by atoms with van der Waals surface area (Å²) >= 11 is 3.44. The molecule has 1 atom stereocenters. The van der Waals surface area contributed by atoms with E-state index in [0.717, 1.165) is 16.6 Å². The number of rotatable bonds is 3. The van der Waals surface area contributed by atoms with Crippen LogP contribution in [0.25, 0.3) is 0 Å². The van der Waals surface area contributed by atoms with Crippen molar-refractivity contribution < 1.29 is 4.79 Å². The molecule has 104 valence electrons. The van der Waals surface area contributed by atoms with E-state index in [1.54, 1.807) is 10.9 Å². The summed E-state index contributed by atoms with van der Waals surface area (Å²) in [6.07, 6.45) is 1.69. The third-order valence-electron chi connectivity index (χ3n) is 3.74. The maximum absolute atomic E-state index is 12.9. The minimum Gasteiger partial charge on any atom is -0.312 e. The fourth-order valence-electron chi connectivity index (χ4n) is 2.74. The molecule has 0 saturated carbocycles. The Morgan fingerprint density at radius 3 is 3.10 bits per heavy atom. The standard InChI is InChI=1S/C15H16BrN3O/c1-2-19-14(13(16)9-18-19)15(20)12-8-17-7-10-5-3-4-6-11(10)12/h3-6,9,12,17H,2,7-8H2,1H3. The Hall–Kier alpha value is -1.46. The summed E-state index contributed by atoms with van der Waals surface area (Å²) < 4.78 is 2.52. The van der Waals surface area contributed by atoms with Crippen molar-refractivity contribution in [2.45, 2.75) is 25.9 Å². The summed E-state index contributed by atoms with van der Waals surface area (Å²) in [7, 11) is 0. The predicted octanol–water partition coefficient (Wildman–Crippen LogP) is 2.74. The number of Topliss-reactive ketones (excluding diaryl/α,β-unsaturated/α-hetero) is 1. The molecule has 0 fully saturated rings. The predicted molar refractivity (Wildman–Crippen MR) is 80.8 cm³/mol. The van der Waals surface area contributed by atoms with E-state index in [9.17, 15) is 4.79 Å². The van der Waals surface area contributed by atoms with Gasteiger partial charge in [-0.2, -0.15) is 5.10 Å². The SMILES string of the molecule is CCn1ncc(Br)c1C(=O)C1CNCc2ccccc21. The summed E-state index contributed by atoms with van der Waals surface area (Å²) in [6.45, 7) is 4.18. The van der Waals surface area contributed by atoms with E-state index in [0.29, 0.717) is 18.8 Å². The van der Waals surface area contributed by atoms with E-state index >= 15 is 0 Å². The topological polar surface area (TPSA) is 46.9 Å². The summed E-state index contributed by atoms with van der Waals surface area (Å²) in [5, 5.41) is 7.56. The minimum absolute atomic E-state index is 0.121. The quantitative estimate of drug-likeness (QED) is 0.878. The number of aryl methyl sites for hydroxylation is 1. The second-order valence-corrected chi connectivity index (χ2v) is 5.76. The van der Waals surface area contributed by atoms with Gasteiger partial charge in [0, 0.05) is 19.6 Å². The number of ketones is 1. The van der Waals surface area contributed by atoms with Gasteiger partial charge in [0.05, 0.1) is 16.6 Å². The lowest BCUT2D eigenvalue weighted by Gasteiger charge is -2.25. The lowest BCUT2D eigenvalue weighted by Crippen LogP contribution is -2.33. The molecule has 0 spiro atoms. The number of nitrogens with one attached hydrogen (secondary N) is 1. The highest BCUT2D eigenvalue weighted by Crippen LogP contribution is 2.29. The number of fused-ring (bicyclic) bond motifs is 1. The van der Waals surface area contributed by atoms with E-state index < -0.39 is 0 Å². The molecular formula is C15H16BrN3O. The summed E-state index contributed by atoms with van der Waals surface area (Å²) in [5.74, 6) is -0.0193. The smallest absolute Gasteiger partial charge is 0.190 e. The first-order chi connectivity index (χ1) is 9.72. The van der Waals surface area contributed by atoms with Crippen molar-refractivity contribution in [3.05, 3.63) is 51.8 Å². The van der Waals surface area contributed by atoms with Crippen LogP contribution in [0.4, 0.5) is 0 Å². The van der Waals surface area contributed by atoms with Gasteiger partial charge in [-0.15, -0.1) is 0 Å². The van der Waals surface area contributed by atoms with Crippen molar-refractivity contribution in [2.75, 3.05) is 6.54 Å². The number of aromatic nitrogens is 2. The molecule has 0 saturated heterocycles. The fraction of sp³-hybridized carbons (Fsp3) is 0.333. The third-order valence-corrected chi connectivity index (χ3v) is 4.32. The summed E-state index contributed by atoms with van der Waals surface area (Å²) in [6, 6.07) is 8.14.